The number of hydrogen-bond donors (Lipinski definition) is 0. The third kappa shape index (κ3) is 6.78. The minimum atomic E-state index is -0.518. The molecule has 13 heavy (non-hydrogen) atoms. The van der Waals surface area contributed by atoms with E-state index < -0.39 is 9.76 Å². The van der Waals surface area contributed by atoms with Gasteiger partial charge in [0.1, 0.15) is 0 Å². The fourth-order valence-corrected chi connectivity index (χ4v) is 2.86. The monoisotopic (exact) mass is 204 g/mol. The van der Waals surface area contributed by atoms with E-state index in [2.05, 4.69) is 13.8 Å². The quantitative estimate of drug-likeness (QED) is 0.499. The van der Waals surface area contributed by atoms with Gasteiger partial charge in [-0.3, -0.25) is 4.79 Å². The van der Waals surface area contributed by atoms with E-state index in [0.29, 0.717) is 0 Å². The van der Waals surface area contributed by atoms with E-state index in [1.54, 1.807) is 7.11 Å². The average molecular weight is 204 g/mol. The Hall–Kier alpha value is -0.353. The number of carbonyl (C=O) groups excluding carboxylic acids is 1. The van der Waals surface area contributed by atoms with Crippen molar-refractivity contribution in [3.63, 3.8) is 0 Å². The topological polar surface area (TPSA) is 35.5 Å². The van der Waals surface area contributed by atoms with Gasteiger partial charge in [0.05, 0.1) is 6.10 Å². The molecule has 0 saturated carbocycles. The van der Waals surface area contributed by atoms with Crippen LogP contribution in [0.2, 0.25) is 5.04 Å². The highest BCUT2D eigenvalue weighted by atomic mass is 28.2. The van der Waals surface area contributed by atoms with Crippen LogP contribution in [0.15, 0.2) is 0 Å². The molecule has 0 fully saturated rings. The molecular weight excluding hydrogens is 184 g/mol. The number of ether oxygens (including phenoxy) is 1. The zero-order chi connectivity index (χ0) is 10.5. The third-order valence-corrected chi connectivity index (χ3v) is 3.10. The molecule has 0 bridgehead atoms. The van der Waals surface area contributed by atoms with Crippen LogP contribution < -0.4 is 0 Å². The van der Waals surface area contributed by atoms with Crippen molar-refractivity contribution in [3.8, 4) is 0 Å². The summed E-state index contributed by atoms with van der Waals surface area (Å²) in [6, 6.07) is 0. The maximum absolute atomic E-state index is 10.7. The minimum Gasteiger partial charge on any atom is -0.463 e. The Bertz CT molecular complexity index is 168. The first-order valence-electron chi connectivity index (χ1n) is 4.53. The molecular formula is C9H20O3Si. The number of esters is 1. The van der Waals surface area contributed by atoms with Crippen LogP contribution >= 0.6 is 0 Å². The second-order valence-corrected chi connectivity index (χ2v) is 7.00. The van der Waals surface area contributed by atoms with Gasteiger partial charge >= 0.3 is 5.97 Å². The third-order valence-electron chi connectivity index (χ3n) is 1.74. The fraction of sp³-hybridized carbons (Fsp3) is 0.889. The average Bonchev–Trinajstić information content (AvgIpc) is 1.81. The first-order chi connectivity index (χ1) is 5.87. The molecule has 0 amide bonds. The second kappa shape index (κ2) is 5.39. The molecule has 0 heterocycles. The van der Waals surface area contributed by atoms with Crippen LogP contribution in [0, 0.1) is 0 Å². The molecule has 0 aliphatic rings. The van der Waals surface area contributed by atoms with Crippen molar-refractivity contribution >= 4 is 15.7 Å². The summed E-state index contributed by atoms with van der Waals surface area (Å²) in [5.41, 5.74) is 0. The van der Waals surface area contributed by atoms with Crippen molar-refractivity contribution in [1.82, 2.24) is 0 Å². The molecule has 1 unspecified atom stereocenters. The van der Waals surface area contributed by atoms with E-state index in [1.165, 1.54) is 6.92 Å². The van der Waals surface area contributed by atoms with Gasteiger partial charge in [0.25, 0.3) is 0 Å². The van der Waals surface area contributed by atoms with Crippen LogP contribution in [0.25, 0.3) is 0 Å². The maximum Gasteiger partial charge on any atom is 0.302 e. The Labute approximate surface area is 82.7 Å². The molecule has 0 aliphatic carbocycles. The lowest BCUT2D eigenvalue weighted by Gasteiger charge is -2.26. The Kier molecular flexibility index (Phi) is 5.25. The van der Waals surface area contributed by atoms with Crippen LogP contribution in [0.5, 0.6) is 0 Å². The SMILES string of the molecule is CO[SiH2]C(C)(C)CC(C)OC(C)=O. The van der Waals surface area contributed by atoms with Crippen LogP contribution in [0.3, 0.4) is 0 Å². The molecule has 4 heteroatoms. The van der Waals surface area contributed by atoms with Gasteiger partial charge in [0.2, 0.25) is 0 Å². The van der Waals surface area contributed by atoms with Gasteiger partial charge in [-0.1, -0.05) is 13.8 Å². The predicted octanol–water partition coefficient (Wildman–Crippen LogP) is 1.26. The molecule has 0 aromatic carbocycles. The molecule has 78 valence electrons. The van der Waals surface area contributed by atoms with Crippen molar-refractivity contribution in [2.75, 3.05) is 7.11 Å². The minimum absolute atomic E-state index is 0.00449. The summed E-state index contributed by atoms with van der Waals surface area (Å²) in [7, 11) is 1.22. The lowest BCUT2D eigenvalue weighted by Crippen LogP contribution is -2.23. The highest BCUT2D eigenvalue weighted by Crippen LogP contribution is 2.29. The molecule has 0 radical (unpaired) electrons. The molecule has 0 N–H and O–H groups in total. The molecule has 0 aliphatic heterocycles. The van der Waals surface area contributed by atoms with Crippen LogP contribution in [-0.4, -0.2) is 28.9 Å². The highest BCUT2D eigenvalue weighted by Gasteiger charge is 2.23. The standard InChI is InChI=1S/C9H20O3Si/c1-7(12-8(2)10)6-9(3,4)13-11-5/h7H,6,13H2,1-5H3. The number of carbonyl (C=O) groups is 1. The summed E-state index contributed by atoms with van der Waals surface area (Å²) in [5, 5.41) is 0.198. The zero-order valence-electron chi connectivity index (χ0n) is 9.22. The van der Waals surface area contributed by atoms with Crippen molar-refractivity contribution < 1.29 is 14.0 Å². The Morgan fingerprint density at radius 3 is 2.46 bits per heavy atom. The molecule has 1 atom stereocenters. The van der Waals surface area contributed by atoms with Gasteiger partial charge in [-0.2, -0.15) is 0 Å². The summed E-state index contributed by atoms with van der Waals surface area (Å²) in [4.78, 5) is 10.7. The van der Waals surface area contributed by atoms with E-state index >= 15 is 0 Å². The van der Waals surface area contributed by atoms with E-state index in [9.17, 15) is 4.79 Å². The normalized spacial score (nSPS) is 14.8. The zero-order valence-corrected chi connectivity index (χ0v) is 10.6. The van der Waals surface area contributed by atoms with Gasteiger partial charge in [-0.25, -0.2) is 0 Å². The fourth-order valence-electron chi connectivity index (χ4n) is 1.55. The molecule has 0 aromatic heterocycles. The summed E-state index contributed by atoms with van der Waals surface area (Å²) < 4.78 is 10.3. The van der Waals surface area contributed by atoms with Crippen molar-refractivity contribution in [2.45, 2.75) is 45.3 Å². The number of rotatable bonds is 5. The van der Waals surface area contributed by atoms with Crippen molar-refractivity contribution in [3.05, 3.63) is 0 Å². The lowest BCUT2D eigenvalue weighted by atomic mass is 10.1. The van der Waals surface area contributed by atoms with E-state index in [1.807, 2.05) is 6.92 Å². The maximum atomic E-state index is 10.7. The van der Waals surface area contributed by atoms with Gasteiger partial charge in [0, 0.05) is 14.0 Å². The number of hydrogen-bond acceptors (Lipinski definition) is 3. The van der Waals surface area contributed by atoms with Gasteiger partial charge in [-0.15, -0.1) is 0 Å². The van der Waals surface area contributed by atoms with Crippen LogP contribution in [-0.2, 0) is 14.0 Å². The first-order valence-corrected chi connectivity index (χ1v) is 5.82. The summed E-state index contributed by atoms with van der Waals surface area (Å²) in [6.07, 6.45) is 0.877. The largest absolute Gasteiger partial charge is 0.463 e. The Morgan fingerprint density at radius 1 is 1.54 bits per heavy atom. The molecule has 0 spiro atoms. The Balaban J connectivity index is 3.88. The molecule has 3 nitrogen and oxygen atoms in total. The summed E-state index contributed by atoms with van der Waals surface area (Å²) in [5.74, 6) is -0.206. The smallest absolute Gasteiger partial charge is 0.302 e. The Morgan fingerprint density at radius 2 is 2.08 bits per heavy atom. The summed E-state index contributed by atoms with van der Waals surface area (Å²) in [6.45, 7) is 7.68. The first kappa shape index (κ1) is 12.6. The highest BCUT2D eigenvalue weighted by molar-refractivity contribution is 6.31. The van der Waals surface area contributed by atoms with Crippen LogP contribution in [0.4, 0.5) is 0 Å². The van der Waals surface area contributed by atoms with E-state index in [0.717, 1.165) is 6.42 Å². The molecule has 0 rings (SSSR count). The van der Waals surface area contributed by atoms with Gasteiger partial charge in [-0.05, 0) is 18.4 Å². The molecule has 0 saturated heterocycles. The van der Waals surface area contributed by atoms with Crippen molar-refractivity contribution in [1.29, 1.82) is 0 Å². The molecule has 0 aromatic rings. The van der Waals surface area contributed by atoms with Crippen molar-refractivity contribution in [2.24, 2.45) is 0 Å². The second-order valence-electron chi connectivity index (χ2n) is 4.22. The van der Waals surface area contributed by atoms with E-state index in [-0.39, 0.29) is 17.1 Å². The summed E-state index contributed by atoms with van der Waals surface area (Å²) >= 11 is 0. The van der Waals surface area contributed by atoms with Gasteiger partial charge in [0.15, 0.2) is 9.76 Å². The van der Waals surface area contributed by atoms with Crippen LogP contribution in [0.1, 0.15) is 34.1 Å². The van der Waals surface area contributed by atoms with E-state index in [4.69, 9.17) is 9.16 Å². The predicted molar refractivity (Wildman–Crippen MR) is 55.4 cm³/mol. The lowest BCUT2D eigenvalue weighted by molar-refractivity contribution is -0.146. The van der Waals surface area contributed by atoms with Gasteiger partial charge < -0.3 is 9.16 Å².